The third-order valence-electron chi connectivity index (χ3n) is 3.17. The Kier molecular flexibility index (Phi) is 4.75. The number of hydrogen-bond donors (Lipinski definition) is 2. The van der Waals surface area contributed by atoms with Crippen molar-refractivity contribution in [2.24, 2.45) is 5.73 Å². The van der Waals surface area contributed by atoms with E-state index in [1.807, 2.05) is 6.07 Å². The molecule has 0 aliphatic carbocycles. The number of amides is 1. The highest BCUT2D eigenvalue weighted by atomic mass is 35.5. The van der Waals surface area contributed by atoms with Gasteiger partial charge >= 0.3 is 0 Å². The van der Waals surface area contributed by atoms with E-state index in [-0.39, 0.29) is 12.2 Å². The van der Waals surface area contributed by atoms with Gasteiger partial charge in [-0.05, 0) is 30.2 Å². The summed E-state index contributed by atoms with van der Waals surface area (Å²) in [6.45, 7) is 2.13. The number of halogens is 2. The molecule has 0 saturated heterocycles. The number of carbonyl (C=O) groups excluding carboxylic acids is 1. The van der Waals surface area contributed by atoms with Crippen molar-refractivity contribution in [3.63, 3.8) is 0 Å². The van der Waals surface area contributed by atoms with Gasteiger partial charge in [0.25, 0.3) is 0 Å². The number of aromatic nitrogens is 1. The van der Waals surface area contributed by atoms with Gasteiger partial charge in [-0.1, -0.05) is 23.7 Å². The molecule has 2 rings (SSSR count). The van der Waals surface area contributed by atoms with Gasteiger partial charge in [0.15, 0.2) is 0 Å². The predicted octanol–water partition coefficient (Wildman–Crippen LogP) is 2.82. The van der Waals surface area contributed by atoms with Crippen molar-refractivity contribution in [1.82, 2.24) is 4.98 Å². The second kappa shape index (κ2) is 6.54. The van der Waals surface area contributed by atoms with E-state index in [0.717, 1.165) is 5.56 Å². The average Bonchev–Trinajstić information content (AvgIpc) is 2.42. The Labute approximate surface area is 127 Å². The molecule has 1 amide bonds. The molecule has 1 aromatic carbocycles. The van der Waals surface area contributed by atoms with Gasteiger partial charge in [-0.15, -0.1) is 0 Å². The van der Waals surface area contributed by atoms with Gasteiger partial charge < -0.3 is 11.1 Å². The van der Waals surface area contributed by atoms with Crippen LogP contribution in [0.15, 0.2) is 30.5 Å². The highest BCUT2D eigenvalue weighted by Gasteiger charge is 2.09. The Balaban J connectivity index is 2.21. The molecule has 4 nitrogen and oxygen atoms in total. The molecule has 0 bridgehead atoms. The van der Waals surface area contributed by atoms with Crippen LogP contribution in [0, 0.1) is 12.7 Å². The summed E-state index contributed by atoms with van der Waals surface area (Å²) in [5.74, 6) is -0.705. The number of anilines is 1. The Hall–Kier alpha value is -2.14. The van der Waals surface area contributed by atoms with Crippen molar-refractivity contribution in [2.75, 3.05) is 5.32 Å². The lowest BCUT2D eigenvalue weighted by Gasteiger charge is -2.13. The van der Waals surface area contributed by atoms with Crippen molar-refractivity contribution in [1.29, 1.82) is 0 Å². The first kappa shape index (κ1) is 15.3. The number of primary amides is 1. The first-order chi connectivity index (χ1) is 9.97. The van der Waals surface area contributed by atoms with Crippen molar-refractivity contribution in [3.8, 4) is 0 Å². The third-order valence-corrected chi connectivity index (χ3v) is 3.37. The minimum absolute atomic E-state index is 0.0641. The molecule has 21 heavy (non-hydrogen) atoms. The van der Waals surface area contributed by atoms with Gasteiger partial charge in [0.1, 0.15) is 11.0 Å². The molecule has 1 aromatic heterocycles. The van der Waals surface area contributed by atoms with Gasteiger partial charge in [0, 0.05) is 24.0 Å². The van der Waals surface area contributed by atoms with Crippen molar-refractivity contribution >= 4 is 23.2 Å². The normalized spacial score (nSPS) is 10.4. The van der Waals surface area contributed by atoms with Gasteiger partial charge in [-0.3, -0.25) is 4.79 Å². The summed E-state index contributed by atoms with van der Waals surface area (Å²) in [6, 6.07) is 6.53. The fourth-order valence-electron chi connectivity index (χ4n) is 1.99. The summed E-state index contributed by atoms with van der Waals surface area (Å²) in [7, 11) is 0. The second-order valence-electron chi connectivity index (χ2n) is 4.68. The van der Waals surface area contributed by atoms with Crippen LogP contribution >= 0.6 is 11.6 Å². The molecule has 0 atom stereocenters. The zero-order valence-electron chi connectivity index (χ0n) is 11.5. The van der Waals surface area contributed by atoms with Gasteiger partial charge in [0.05, 0.1) is 6.42 Å². The van der Waals surface area contributed by atoms with Crippen molar-refractivity contribution in [3.05, 3.63) is 58.1 Å². The van der Waals surface area contributed by atoms with Crippen LogP contribution in [0.25, 0.3) is 0 Å². The van der Waals surface area contributed by atoms with Crippen molar-refractivity contribution in [2.45, 2.75) is 19.9 Å². The summed E-state index contributed by atoms with van der Waals surface area (Å²) >= 11 is 5.86. The number of hydrogen-bond acceptors (Lipinski definition) is 3. The maximum absolute atomic E-state index is 13.5. The SMILES string of the molecule is Cc1c(F)cccc1CNc1cc(Cl)ncc1CC(N)=O. The van der Waals surface area contributed by atoms with Crippen LogP contribution in [0.3, 0.4) is 0 Å². The van der Waals surface area contributed by atoms with Crippen LogP contribution in [0.4, 0.5) is 10.1 Å². The maximum Gasteiger partial charge on any atom is 0.221 e. The van der Waals surface area contributed by atoms with Gasteiger partial charge in [-0.25, -0.2) is 9.37 Å². The van der Waals surface area contributed by atoms with Crippen LogP contribution in [-0.2, 0) is 17.8 Å². The second-order valence-corrected chi connectivity index (χ2v) is 5.07. The summed E-state index contributed by atoms with van der Waals surface area (Å²) in [5.41, 5.74) is 7.94. The lowest BCUT2D eigenvalue weighted by Crippen LogP contribution is -2.15. The lowest BCUT2D eigenvalue weighted by atomic mass is 10.1. The molecule has 3 N–H and O–H groups in total. The number of carbonyl (C=O) groups is 1. The number of nitrogens with zero attached hydrogens (tertiary/aromatic N) is 1. The van der Waals surface area contributed by atoms with Crippen LogP contribution < -0.4 is 11.1 Å². The molecule has 110 valence electrons. The zero-order chi connectivity index (χ0) is 15.4. The Bertz CT molecular complexity index is 676. The minimum atomic E-state index is -0.455. The van der Waals surface area contributed by atoms with Crippen LogP contribution in [0.5, 0.6) is 0 Å². The fraction of sp³-hybridized carbons (Fsp3) is 0.200. The zero-order valence-corrected chi connectivity index (χ0v) is 12.2. The van der Waals surface area contributed by atoms with Gasteiger partial charge in [0.2, 0.25) is 5.91 Å². The van der Waals surface area contributed by atoms with E-state index in [1.165, 1.54) is 12.3 Å². The van der Waals surface area contributed by atoms with E-state index in [0.29, 0.717) is 28.5 Å². The fourth-order valence-corrected chi connectivity index (χ4v) is 2.14. The molecular formula is C15H15ClFN3O. The molecule has 0 saturated carbocycles. The van der Waals surface area contributed by atoms with Crippen molar-refractivity contribution < 1.29 is 9.18 Å². The molecule has 0 aliphatic heterocycles. The number of benzene rings is 1. The molecule has 1 heterocycles. The summed E-state index contributed by atoms with van der Waals surface area (Å²) in [4.78, 5) is 15.0. The van der Waals surface area contributed by atoms with E-state index in [2.05, 4.69) is 10.3 Å². The molecule has 2 aromatic rings. The molecule has 0 aliphatic rings. The van der Waals surface area contributed by atoms with Crippen LogP contribution in [0.2, 0.25) is 5.15 Å². The molecule has 0 unspecified atom stereocenters. The van der Waals surface area contributed by atoms with E-state index in [1.54, 1.807) is 19.1 Å². The molecule has 0 spiro atoms. The number of rotatable bonds is 5. The summed E-state index contributed by atoms with van der Waals surface area (Å²) in [6.07, 6.45) is 1.57. The van der Waals surface area contributed by atoms with E-state index in [9.17, 15) is 9.18 Å². The van der Waals surface area contributed by atoms with E-state index >= 15 is 0 Å². The average molecular weight is 308 g/mol. The Morgan fingerprint density at radius 2 is 2.19 bits per heavy atom. The van der Waals surface area contributed by atoms with E-state index < -0.39 is 5.91 Å². The predicted molar refractivity (Wildman–Crippen MR) is 80.6 cm³/mol. The monoisotopic (exact) mass is 307 g/mol. The van der Waals surface area contributed by atoms with Crippen LogP contribution in [-0.4, -0.2) is 10.9 Å². The number of nitrogens with one attached hydrogen (secondary N) is 1. The first-order valence-electron chi connectivity index (χ1n) is 6.38. The Morgan fingerprint density at radius 1 is 1.43 bits per heavy atom. The largest absolute Gasteiger partial charge is 0.381 e. The minimum Gasteiger partial charge on any atom is -0.381 e. The molecular weight excluding hydrogens is 293 g/mol. The van der Waals surface area contributed by atoms with E-state index in [4.69, 9.17) is 17.3 Å². The summed E-state index contributed by atoms with van der Waals surface area (Å²) in [5, 5.41) is 3.45. The smallest absolute Gasteiger partial charge is 0.221 e. The highest BCUT2D eigenvalue weighted by Crippen LogP contribution is 2.21. The maximum atomic E-state index is 13.5. The standard InChI is InChI=1S/C15H15ClFN3O/c1-9-10(3-2-4-12(9)17)7-19-13-6-14(16)20-8-11(13)5-15(18)21/h2-4,6,8H,5,7H2,1H3,(H2,18,21)(H,19,20). The number of pyridine rings is 1. The first-order valence-corrected chi connectivity index (χ1v) is 6.75. The van der Waals surface area contributed by atoms with Crippen LogP contribution in [0.1, 0.15) is 16.7 Å². The quantitative estimate of drug-likeness (QED) is 0.835. The third kappa shape index (κ3) is 3.92. The highest BCUT2D eigenvalue weighted by molar-refractivity contribution is 6.29. The Morgan fingerprint density at radius 3 is 2.90 bits per heavy atom. The topological polar surface area (TPSA) is 68.0 Å². The molecule has 6 heteroatoms. The lowest BCUT2D eigenvalue weighted by molar-refractivity contribution is -0.117. The number of nitrogens with two attached hydrogens (primary N) is 1. The molecule has 0 fully saturated rings. The van der Waals surface area contributed by atoms with Gasteiger partial charge in [-0.2, -0.15) is 0 Å². The summed E-state index contributed by atoms with van der Waals surface area (Å²) < 4.78 is 13.5. The molecule has 0 radical (unpaired) electrons.